The molecule has 2 amide bonds. The summed E-state index contributed by atoms with van der Waals surface area (Å²) in [6, 6.07) is 9.10. The summed E-state index contributed by atoms with van der Waals surface area (Å²) >= 11 is 0. The number of nitrogens with one attached hydrogen (secondary N) is 3. The van der Waals surface area contributed by atoms with Gasteiger partial charge < -0.3 is 21.1 Å². The number of nitrogens with zero attached hydrogens (tertiary/aromatic N) is 2. The Labute approximate surface area is 181 Å². The summed E-state index contributed by atoms with van der Waals surface area (Å²) in [7, 11) is 0. The van der Waals surface area contributed by atoms with Crippen LogP contribution in [-0.2, 0) is 9.59 Å². The molecule has 31 heavy (non-hydrogen) atoms. The van der Waals surface area contributed by atoms with Gasteiger partial charge in [0, 0.05) is 23.2 Å². The predicted octanol–water partition coefficient (Wildman–Crippen LogP) is 2.54. The summed E-state index contributed by atoms with van der Waals surface area (Å²) in [6.45, 7) is 5.54. The van der Waals surface area contributed by atoms with Gasteiger partial charge >= 0.3 is 5.97 Å². The lowest BCUT2D eigenvalue weighted by Gasteiger charge is -2.16. The lowest BCUT2D eigenvalue weighted by atomic mass is 10.1. The summed E-state index contributed by atoms with van der Waals surface area (Å²) in [5.74, 6) is -2.13. The summed E-state index contributed by atoms with van der Waals surface area (Å²) in [5.41, 5.74) is 1.66. The SMILES string of the molecule is CCCCC(NC(=O)/C(=C/Nc1nc(C)cc(C)n1)NC(=O)c1ccccc1)C(=O)O. The van der Waals surface area contributed by atoms with E-state index in [0.29, 0.717) is 12.0 Å². The normalized spacial score (nSPS) is 12.0. The zero-order valence-electron chi connectivity index (χ0n) is 17.8. The maximum absolute atomic E-state index is 12.8. The van der Waals surface area contributed by atoms with Crippen molar-refractivity contribution < 1.29 is 19.5 Å². The van der Waals surface area contributed by atoms with E-state index >= 15 is 0 Å². The van der Waals surface area contributed by atoms with E-state index in [1.807, 2.05) is 6.92 Å². The monoisotopic (exact) mass is 425 g/mol. The minimum absolute atomic E-state index is 0.153. The molecule has 0 aliphatic carbocycles. The van der Waals surface area contributed by atoms with E-state index in [0.717, 1.165) is 17.8 Å². The van der Waals surface area contributed by atoms with Crippen molar-refractivity contribution in [1.29, 1.82) is 0 Å². The highest BCUT2D eigenvalue weighted by Gasteiger charge is 2.22. The fourth-order valence-electron chi connectivity index (χ4n) is 2.77. The van der Waals surface area contributed by atoms with Gasteiger partial charge in [0.15, 0.2) is 0 Å². The van der Waals surface area contributed by atoms with Crippen LogP contribution < -0.4 is 16.0 Å². The molecular weight excluding hydrogens is 398 g/mol. The van der Waals surface area contributed by atoms with Crippen molar-refractivity contribution in [2.24, 2.45) is 0 Å². The topological polar surface area (TPSA) is 133 Å². The molecule has 0 saturated carbocycles. The Kier molecular flexibility index (Phi) is 8.68. The van der Waals surface area contributed by atoms with Crippen LogP contribution in [0.25, 0.3) is 0 Å². The molecule has 1 atom stereocenters. The fraction of sp³-hybridized carbons (Fsp3) is 0.318. The summed E-state index contributed by atoms with van der Waals surface area (Å²) < 4.78 is 0. The van der Waals surface area contributed by atoms with E-state index < -0.39 is 23.8 Å². The number of amides is 2. The maximum atomic E-state index is 12.8. The van der Waals surface area contributed by atoms with Gasteiger partial charge in [0.05, 0.1) is 0 Å². The molecule has 1 aromatic carbocycles. The van der Waals surface area contributed by atoms with Crippen molar-refractivity contribution in [2.45, 2.75) is 46.1 Å². The third kappa shape index (κ3) is 7.54. The third-order valence-corrected chi connectivity index (χ3v) is 4.31. The van der Waals surface area contributed by atoms with Crippen molar-refractivity contribution >= 4 is 23.7 Å². The summed E-state index contributed by atoms with van der Waals surface area (Å²) in [6.07, 6.45) is 2.97. The Bertz CT molecular complexity index is 939. The zero-order valence-corrected chi connectivity index (χ0v) is 17.8. The summed E-state index contributed by atoms with van der Waals surface area (Å²) in [5, 5.41) is 17.2. The van der Waals surface area contributed by atoms with Gasteiger partial charge in [-0.2, -0.15) is 0 Å². The van der Waals surface area contributed by atoms with Gasteiger partial charge in [0.2, 0.25) is 5.95 Å². The zero-order chi connectivity index (χ0) is 22.8. The predicted molar refractivity (Wildman–Crippen MR) is 116 cm³/mol. The van der Waals surface area contributed by atoms with Gasteiger partial charge in [0.25, 0.3) is 11.8 Å². The second-order valence-corrected chi connectivity index (χ2v) is 7.00. The molecule has 0 radical (unpaired) electrons. The van der Waals surface area contributed by atoms with E-state index in [1.54, 1.807) is 50.2 Å². The number of rotatable bonds is 10. The molecule has 1 heterocycles. The molecule has 0 aliphatic heterocycles. The number of anilines is 1. The number of carboxylic acids is 1. The van der Waals surface area contributed by atoms with Crippen LogP contribution in [0.5, 0.6) is 0 Å². The number of hydrogen-bond acceptors (Lipinski definition) is 6. The number of aryl methyl sites for hydroxylation is 2. The quantitative estimate of drug-likeness (QED) is 0.430. The fourth-order valence-corrected chi connectivity index (χ4v) is 2.77. The van der Waals surface area contributed by atoms with Crippen LogP contribution in [-0.4, -0.2) is 38.9 Å². The first kappa shape index (κ1) is 23.5. The Morgan fingerprint density at radius 1 is 1.10 bits per heavy atom. The molecule has 0 spiro atoms. The van der Waals surface area contributed by atoms with E-state index in [4.69, 9.17) is 0 Å². The van der Waals surface area contributed by atoms with Crippen LogP contribution in [0.4, 0.5) is 5.95 Å². The smallest absolute Gasteiger partial charge is 0.326 e. The number of benzene rings is 1. The Morgan fingerprint density at radius 2 is 1.74 bits per heavy atom. The largest absolute Gasteiger partial charge is 0.480 e. The van der Waals surface area contributed by atoms with Crippen LogP contribution in [0.15, 0.2) is 48.3 Å². The minimum Gasteiger partial charge on any atom is -0.480 e. The Morgan fingerprint density at radius 3 is 2.32 bits per heavy atom. The second kappa shape index (κ2) is 11.4. The van der Waals surface area contributed by atoms with Gasteiger partial charge in [-0.3, -0.25) is 9.59 Å². The van der Waals surface area contributed by atoms with Crippen molar-refractivity contribution in [1.82, 2.24) is 20.6 Å². The van der Waals surface area contributed by atoms with E-state index in [-0.39, 0.29) is 18.1 Å². The van der Waals surface area contributed by atoms with Crippen molar-refractivity contribution in [3.8, 4) is 0 Å². The molecule has 0 bridgehead atoms. The molecular formula is C22H27N5O4. The first-order chi connectivity index (χ1) is 14.8. The Hall–Kier alpha value is -3.75. The molecule has 0 fully saturated rings. The lowest BCUT2D eigenvalue weighted by Crippen LogP contribution is -2.44. The number of aromatic nitrogens is 2. The first-order valence-corrected chi connectivity index (χ1v) is 9.99. The minimum atomic E-state index is -1.14. The lowest BCUT2D eigenvalue weighted by molar-refractivity contribution is -0.141. The maximum Gasteiger partial charge on any atom is 0.326 e. The number of unbranched alkanes of at least 4 members (excludes halogenated alkanes) is 1. The van der Waals surface area contributed by atoms with Crippen molar-refractivity contribution in [3.63, 3.8) is 0 Å². The molecule has 164 valence electrons. The molecule has 2 rings (SSSR count). The van der Waals surface area contributed by atoms with Gasteiger partial charge in [0.1, 0.15) is 11.7 Å². The average molecular weight is 425 g/mol. The molecule has 0 saturated heterocycles. The van der Waals surface area contributed by atoms with Gasteiger partial charge in [-0.25, -0.2) is 14.8 Å². The van der Waals surface area contributed by atoms with Gasteiger partial charge in [-0.15, -0.1) is 0 Å². The molecule has 4 N–H and O–H groups in total. The van der Waals surface area contributed by atoms with E-state index in [9.17, 15) is 19.5 Å². The first-order valence-electron chi connectivity index (χ1n) is 9.99. The van der Waals surface area contributed by atoms with Crippen LogP contribution in [0.1, 0.15) is 47.9 Å². The number of carbonyl (C=O) groups is 3. The standard InChI is InChI=1S/C22H27N5O4/c1-4-5-11-17(21(30)31)26-20(29)18(27-19(28)16-9-7-6-8-10-16)13-23-22-24-14(2)12-15(3)25-22/h6-10,12-13,17H,4-5,11H2,1-3H3,(H,26,29)(H,27,28)(H,30,31)(H,23,24,25)/b18-13-. The molecule has 1 aromatic heterocycles. The van der Waals surface area contributed by atoms with E-state index in [2.05, 4.69) is 25.9 Å². The molecule has 1 unspecified atom stereocenters. The van der Waals surface area contributed by atoms with E-state index in [1.165, 1.54) is 6.20 Å². The highest BCUT2D eigenvalue weighted by molar-refractivity contribution is 6.03. The van der Waals surface area contributed by atoms with Crippen LogP contribution in [0.3, 0.4) is 0 Å². The van der Waals surface area contributed by atoms with Crippen molar-refractivity contribution in [2.75, 3.05) is 5.32 Å². The van der Waals surface area contributed by atoms with Crippen LogP contribution in [0.2, 0.25) is 0 Å². The number of carboxylic acid groups (broad SMARTS) is 1. The molecule has 9 heteroatoms. The van der Waals surface area contributed by atoms with Crippen LogP contribution in [0, 0.1) is 13.8 Å². The second-order valence-electron chi connectivity index (χ2n) is 7.00. The third-order valence-electron chi connectivity index (χ3n) is 4.31. The van der Waals surface area contributed by atoms with Gasteiger partial charge in [-0.1, -0.05) is 38.0 Å². The Balaban J connectivity index is 2.26. The van der Waals surface area contributed by atoms with Crippen LogP contribution >= 0.6 is 0 Å². The molecule has 0 aliphatic rings. The number of aliphatic carboxylic acids is 1. The highest BCUT2D eigenvalue weighted by atomic mass is 16.4. The van der Waals surface area contributed by atoms with Gasteiger partial charge in [-0.05, 0) is 38.5 Å². The average Bonchev–Trinajstić information content (AvgIpc) is 2.73. The summed E-state index contributed by atoms with van der Waals surface area (Å²) in [4.78, 5) is 45.3. The number of carbonyl (C=O) groups excluding carboxylic acids is 2. The molecule has 2 aromatic rings. The molecule has 9 nitrogen and oxygen atoms in total. The highest BCUT2D eigenvalue weighted by Crippen LogP contribution is 2.07. The number of hydrogen-bond donors (Lipinski definition) is 4. The van der Waals surface area contributed by atoms with Crippen molar-refractivity contribution in [3.05, 3.63) is 65.2 Å².